The monoisotopic (exact) mass is 510 g/mol. The topological polar surface area (TPSA) is 58.1 Å². The van der Waals surface area contributed by atoms with Gasteiger partial charge in [-0.15, -0.1) is 0 Å². The van der Waals surface area contributed by atoms with Gasteiger partial charge < -0.3 is 19.3 Å². The normalized spacial score (nSPS) is 16.5. The summed E-state index contributed by atoms with van der Waals surface area (Å²) in [6.07, 6.45) is 0. The van der Waals surface area contributed by atoms with E-state index < -0.39 is 0 Å². The largest absolute Gasteiger partial charge is 0.465 e. The number of anilines is 1. The van der Waals surface area contributed by atoms with Crippen molar-refractivity contribution in [2.45, 2.75) is 6.54 Å². The van der Waals surface area contributed by atoms with Crippen molar-refractivity contribution >= 4 is 11.8 Å². The molecule has 196 valence electrons. The van der Waals surface area contributed by atoms with E-state index in [1.807, 2.05) is 30.3 Å². The number of hydrogen-bond acceptors (Lipinski definition) is 7. The first kappa shape index (κ1) is 25.9. The average Bonchev–Trinajstić information content (AvgIpc) is 2.97. The highest BCUT2D eigenvalue weighted by atomic mass is 16.5. The number of ether oxygens (including phenoxy) is 2. The molecule has 0 saturated carbocycles. The van der Waals surface area contributed by atoms with Crippen LogP contribution in [0.1, 0.15) is 27.0 Å². The zero-order chi connectivity index (χ0) is 26.3. The molecule has 0 aliphatic carbocycles. The molecule has 2 aromatic carbocycles. The summed E-state index contributed by atoms with van der Waals surface area (Å²) in [6.45, 7) is 8.20. The second kappa shape index (κ2) is 12.2. The van der Waals surface area contributed by atoms with Crippen molar-refractivity contribution in [2.75, 3.05) is 71.5 Å². The lowest BCUT2D eigenvalue weighted by atomic mass is 10.1. The van der Waals surface area contributed by atoms with Crippen LogP contribution in [0, 0.1) is 11.8 Å². The number of rotatable bonds is 5. The lowest BCUT2D eigenvalue weighted by molar-refractivity contribution is 0.0342. The third-order valence-electron chi connectivity index (χ3n) is 7.06. The fourth-order valence-electron chi connectivity index (χ4n) is 4.68. The van der Waals surface area contributed by atoms with Crippen molar-refractivity contribution in [1.82, 2.24) is 14.8 Å². The minimum Gasteiger partial charge on any atom is -0.465 e. The molecule has 5 rings (SSSR count). The molecule has 2 aliphatic rings. The molecule has 2 saturated heterocycles. The number of likely N-dealkylation sites (N-methyl/N-ethyl adjacent to an activating group) is 1. The van der Waals surface area contributed by atoms with E-state index in [0.29, 0.717) is 5.56 Å². The van der Waals surface area contributed by atoms with Crippen LogP contribution in [-0.2, 0) is 16.0 Å². The first-order valence-electron chi connectivity index (χ1n) is 13.1. The molecule has 2 aliphatic heterocycles. The molecule has 0 unspecified atom stereocenters. The Morgan fingerprint density at radius 1 is 0.895 bits per heavy atom. The van der Waals surface area contributed by atoms with Gasteiger partial charge >= 0.3 is 5.97 Å². The Balaban J connectivity index is 1.30. The van der Waals surface area contributed by atoms with Gasteiger partial charge in [0.25, 0.3) is 0 Å². The van der Waals surface area contributed by atoms with Gasteiger partial charge in [0, 0.05) is 62.5 Å². The number of pyridine rings is 1. The molecule has 7 nitrogen and oxygen atoms in total. The predicted octanol–water partition coefficient (Wildman–Crippen LogP) is 3.52. The number of nitrogens with zero attached hydrogens (tertiary/aromatic N) is 4. The first-order chi connectivity index (χ1) is 18.6. The summed E-state index contributed by atoms with van der Waals surface area (Å²) in [5, 5.41) is 0. The van der Waals surface area contributed by atoms with Crippen LogP contribution in [0.2, 0.25) is 0 Å². The summed E-state index contributed by atoms with van der Waals surface area (Å²) >= 11 is 0. The molecule has 0 spiro atoms. The predicted molar refractivity (Wildman–Crippen MR) is 149 cm³/mol. The highest BCUT2D eigenvalue weighted by Crippen LogP contribution is 2.25. The maximum atomic E-state index is 12.4. The SMILES string of the molecule is COC(=O)c1cc(-c2ccc(C#Cc3ccc(CN4CCOCC4)cc3)cc2)nc(N2CCN(C)CC2)c1. The Morgan fingerprint density at radius 3 is 2.16 bits per heavy atom. The molecule has 0 N–H and O–H groups in total. The molecule has 3 heterocycles. The fourth-order valence-corrected chi connectivity index (χ4v) is 4.68. The van der Waals surface area contributed by atoms with E-state index in [2.05, 4.69) is 57.9 Å². The smallest absolute Gasteiger partial charge is 0.338 e. The van der Waals surface area contributed by atoms with E-state index in [1.54, 1.807) is 6.07 Å². The summed E-state index contributed by atoms with van der Waals surface area (Å²) in [6, 6.07) is 20.1. The zero-order valence-electron chi connectivity index (χ0n) is 22.2. The van der Waals surface area contributed by atoms with Crippen LogP contribution in [0.15, 0.2) is 60.7 Å². The van der Waals surface area contributed by atoms with Crippen molar-refractivity contribution < 1.29 is 14.3 Å². The van der Waals surface area contributed by atoms with Crippen LogP contribution in [0.25, 0.3) is 11.3 Å². The molecule has 0 amide bonds. The third-order valence-corrected chi connectivity index (χ3v) is 7.06. The van der Waals surface area contributed by atoms with Crippen molar-refractivity contribution in [3.8, 4) is 23.1 Å². The molecule has 7 heteroatoms. The number of hydrogen-bond donors (Lipinski definition) is 0. The van der Waals surface area contributed by atoms with Gasteiger partial charge in [-0.3, -0.25) is 4.90 Å². The minimum atomic E-state index is -0.359. The van der Waals surface area contributed by atoms with Crippen molar-refractivity contribution in [2.24, 2.45) is 0 Å². The number of carbonyl (C=O) groups is 1. The molecular formula is C31H34N4O3. The first-order valence-corrected chi connectivity index (χ1v) is 13.1. The minimum absolute atomic E-state index is 0.359. The van der Waals surface area contributed by atoms with E-state index in [9.17, 15) is 4.79 Å². The zero-order valence-corrected chi connectivity index (χ0v) is 22.2. The van der Waals surface area contributed by atoms with Gasteiger partial charge in [0.05, 0.1) is 31.6 Å². The Bertz CT molecular complexity index is 1300. The lowest BCUT2D eigenvalue weighted by Gasteiger charge is -2.33. The number of aromatic nitrogens is 1. The number of esters is 1. The summed E-state index contributed by atoms with van der Waals surface area (Å²) in [7, 11) is 3.52. The summed E-state index contributed by atoms with van der Waals surface area (Å²) in [4.78, 5) is 24.2. The highest BCUT2D eigenvalue weighted by Gasteiger charge is 2.19. The Labute approximate surface area is 225 Å². The molecule has 3 aromatic rings. The maximum Gasteiger partial charge on any atom is 0.338 e. The molecule has 0 radical (unpaired) electrons. The highest BCUT2D eigenvalue weighted by molar-refractivity contribution is 5.91. The van der Waals surface area contributed by atoms with Crippen molar-refractivity contribution in [3.63, 3.8) is 0 Å². The molecule has 2 fully saturated rings. The third kappa shape index (κ3) is 6.59. The second-order valence-corrected chi connectivity index (χ2v) is 9.79. The molecule has 1 aromatic heterocycles. The van der Waals surface area contributed by atoms with Gasteiger partial charge in [-0.1, -0.05) is 36.1 Å². The number of piperazine rings is 1. The van der Waals surface area contributed by atoms with Gasteiger partial charge in [0.2, 0.25) is 0 Å². The summed E-state index contributed by atoms with van der Waals surface area (Å²) in [5.41, 5.74) is 5.40. The van der Waals surface area contributed by atoms with Crippen LogP contribution in [0.5, 0.6) is 0 Å². The van der Waals surface area contributed by atoms with E-state index in [4.69, 9.17) is 14.5 Å². The van der Waals surface area contributed by atoms with E-state index in [1.165, 1.54) is 12.7 Å². The number of carbonyl (C=O) groups excluding carboxylic acids is 1. The van der Waals surface area contributed by atoms with Crippen LogP contribution in [0.4, 0.5) is 5.82 Å². The van der Waals surface area contributed by atoms with E-state index in [0.717, 1.165) is 87.2 Å². The molecule has 0 bridgehead atoms. The van der Waals surface area contributed by atoms with Crippen LogP contribution < -0.4 is 4.90 Å². The van der Waals surface area contributed by atoms with Crippen LogP contribution in [-0.4, -0.2) is 87.4 Å². The summed E-state index contributed by atoms with van der Waals surface area (Å²) < 4.78 is 10.4. The Kier molecular flexibility index (Phi) is 8.34. The standard InChI is InChI=1S/C31H34N4O3/c1-33-13-15-35(16-14-33)30-22-28(31(36)37-2)21-29(32-30)27-11-9-25(10-12-27)4-3-24-5-7-26(8-6-24)23-34-17-19-38-20-18-34/h5-12,21-22H,13-20,23H2,1-2H3. The average molecular weight is 511 g/mol. The quantitative estimate of drug-likeness (QED) is 0.385. The number of benzene rings is 2. The van der Waals surface area contributed by atoms with Gasteiger partial charge in [0.1, 0.15) is 5.82 Å². The van der Waals surface area contributed by atoms with E-state index in [-0.39, 0.29) is 5.97 Å². The van der Waals surface area contributed by atoms with E-state index >= 15 is 0 Å². The molecule has 0 atom stereocenters. The van der Waals surface area contributed by atoms with Crippen molar-refractivity contribution in [1.29, 1.82) is 0 Å². The molecular weight excluding hydrogens is 476 g/mol. The van der Waals surface area contributed by atoms with Gasteiger partial charge in [-0.05, 0) is 49.0 Å². The number of morpholine rings is 1. The fraction of sp³-hybridized carbons (Fsp3) is 0.355. The van der Waals surface area contributed by atoms with Crippen molar-refractivity contribution in [3.05, 3.63) is 82.9 Å². The molecule has 38 heavy (non-hydrogen) atoms. The van der Waals surface area contributed by atoms with Gasteiger partial charge in [-0.25, -0.2) is 9.78 Å². The number of methoxy groups -OCH3 is 1. The van der Waals surface area contributed by atoms with Gasteiger partial charge in [-0.2, -0.15) is 0 Å². The Morgan fingerprint density at radius 2 is 1.53 bits per heavy atom. The second-order valence-electron chi connectivity index (χ2n) is 9.79. The van der Waals surface area contributed by atoms with Gasteiger partial charge in [0.15, 0.2) is 0 Å². The van der Waals surface area contributed by atoms with Crippen LogP contribution in [0.3, 0.4) is 0 Å². The van der Waals surface area contributed by atoms with Crippen LogP contribution >= 0.6 is 0 Å². The Hall–Kier alpha value is -3.70. The summed E-state index contributed by atoms with van der Waals surface area (Å²) in [5.74, 6) is 6.97. The maximum absolute atomic E-state index is 12.4. The lowest BCUT2D eigenvalue weighted by Crippen LogP contribution is -2.44.